The lowest BCUT2D eigenvalue weighted by atomic mass is 10.0. The van der Waals surface area contributed by atoms with Gasteiger partial charge in [0.25, 0.3) is 0 Å². The molecular weight excluding hydrogens is 248 g/mol. The van der Waals surface area contributed by atoms with E-state index in [-0.39, 0.29) is 5.78 Å². The van der Waals surface area contributed by atoms with Crippen LogP contribution in [0.4, 0.5) is 0 Å². The SMILES string of the molecule is CCCCOc1ccc(C(C)=O)c(Cl)c1CCC. The Kier molecular flexibility index (Phi) is 6.20. The number of rotatable bonds is 7. The second-order valence-electron chi connectivity index (χ2n) is 4.41. The quantitative estimate of drug-likeness (QED) is 0.530. The van der Waals surface area contributed by atoms with Crippen molar-refractivity contribution in [3.8, 4) is 5.75 Å². The number of Topliss-reactive ketones (excluding diaryl/α,β-unsaturated/α-hetero) is 1. The molecule has 100 valence electrons. The highest BCUT2D eigenvalue weighted by Gasteiger charge is 2.14. The Bertz CT molecular complexity index is 413. The molecule has 1 aromatic rings. The van der Waals surface area contributed by atoms with Gasteiger partial charge in [-0.15, -0.1) is 0 Å². The minimum atomic E-state index is -0.00235. The van der Waals surface area contributed by atoms with Gasteiger partial charge in [0.05, 0.1) is 11.6 Å². The van der Waals surface area contributed by atoms with Crippen molar-refractivity contribution in [3.05, 3.63) is 28.3 Å². The Hall–Kier alpha value is -1.02. The maximum atomic E-state index is 11.5. The van der Waals surface area contributed by atoms with E-state index in [1.165, 1.54) is 6.92 Å². The van der Waals surface area contributed by atoms with Crippen LogP contribution >= 0.6 is 11.6 Å². The van der Waals surface area contributed by atoms with Gasteiger partial charge in [-0.3, -0.25) is 4.79 Å². The van der Waals surface area contributed by atoms with Gasteiger partial charge in [0.2, 0.25) is 0 Å². The van der Waals surface area contributed by atoms with Gasteiger partial charge >= 0.3 is 0 Å². The summed E-state index contributed by atoms with van der Waals surface area (Å²) in [6.45, 7) is 6.45. The third-order valence-electron chi connectivity index (χ3n) is 2.83. The zero-order valence-electron chi connectivity index (χ0n) is 11.4. The number of carbonyl (C=O) groups excluding carboxylic acids is 1. The molecule has 0 heterocycles. The average molecular weight is 269 g/mol. The summed E-state index contributed by atoms with van der Waals surface area (Å²) in [5.41, 5.74) is 1.55. The van der Waals surface area contributed by atoms with E-state index in [9.17, 15) is 4.79 Å². The lowest BCUT2D eigenvalue weighted by Gasteiger charge is -2.14. The highest BCUT2D eigenvalue weighted by atomic mass is 35.5. The summed E-state index contributed by atoms with van der Waals surface area (Å²) in [4.78, 5) is 11.5. The first-order valence-electron chi connectivity index (χ1n) is 6.56. The highest BCUT2D eigenvalue weighted by Crippen LogP contribution is 2.31. The number of halogens is 1. The molecule has 0 saturated carbocycles. The molecule has 0 aliphatic rings. The van der Waals surface area contributed by atoms with E-state index in [2.05, 4.69) is 13.8 Å². The van der Waals surface area contributed by atoms with Crippen LogP contribution in [0.25, 0.3) is 0 Å². The molecule has 0 aliphatic carbocycles. The van der Waals surface area contributed by atoms with Gasteiger partial charge in [-0.1, -0.05) is 38.3 Å². The van der Waals surface area contributed by atoms with E-state index in [4.69, 9.17) is 16.3 Å². The van der Waals surface area contributed by atoms with Crippen LogP contribution in [0, 0.1) is 0 Å². The number of benzene rings is 1. The molecule has 18 heavy (non-hydrogen) atoms. The summed E-state index contributed by atoms with van der Waals surface area (Å²) in [6.07, 6.45) is 3.94. The number of ketones is 1. The van der Waals surface area contributed by atoms with Crippen LogP contribution in [0.1, 0.15) is 56.0 Å². The molecule has 0 N–H and O–H groups in total. The lowest BCUT2D eigenvalue weighted by Crippen LogP contribution is -2.03. The molecule has 0 saturated heterocycles. The molecule has 0 bridgehead atoms. The third-order valence-corrected chi connectivity index (χ3v) is 3.27. The van der Waals surface area contributed by atoms with Crippen LogP contribution in [0.2, 0.25) is 5.02 Å². The van der Waals surface area contributed by atoms with Crippen LogP contribution in [-0.4, -0.2) is 12.4 Å². The Morgan fingerprint density at radius 2 is 2.00 bits per heavy atom. The van der Waals surface area contributed by atoms with Crippen molar-refractivity contribution in [1.29, 1.82) is 0 Å². The van der Waals surface area contributed by atoms with Gasteiger partial charge in [0.15, 0.2) is 5.78 Å². The molecule has 0 atom stereocenters. The third kappa shape index (κ3) is 3.74. The second-order valence-corrected chi connectivity index (χ2v) is 4.79. The fourth-order valence-electron chi connectivity index (χ4n) is 1.82. The average Bonchev–Trinajstić information content (AvgIpc) is 2.33. The van der Waals surface area contributed by atoms with Gasteiger partial charge in [-0.25, -0.2) is 0 Å². The number of unbranched alkanes of at least 4 members (excludes halogenated alkanes) is 1. The van der Waals surface area contributed by atoms with Gasteiger partial charge in [0.1, 0.15) is 5.75 Å². The molecule has 2 nitrogen and oxygen atoms in total. The molecule has 0 unspecified atom stereocenters. The maximum absolute atomic E-state index is 11.5. The zero-order chi connectivity index (χ0) is 13.5. The second kappa shape index (κ2) is 7.42. The van der Waals surface area contributed by atoms with Crippen LogP contribution in [0.5, 0.6) is 5.75 Å². The van der Waals surface area contributed by atoms with E-state index in [1.807, 2.05) is 6.07 Å². The number of hydrogen-bond donors (Lipinski definition) is 0. The molecular formula is C15H21ClO2. The maximum Gasteiger partial charge on any atom is 0.161 e. The molecule has 0 aromatic heterocycles. The van der Waals surface area contributed by atoms with Gasteiger partial charge in [0, 0.05) is 11.1 Å². The summed E-state index contributed by atoms with van der Waals surface area (Å²) >= 11 is 6.30. The predicted molar refractivity (Wildman–Crippen MR) is 75.9 cm³/mol. The van der Waals surface area contributed by atoms with Gasteiger partial charge in [-0.05, 0) is 31.9 Å². The van der Waals surface area contributed by atoms with Crippen LogP contribution in [0.3, 0.4) is 0 Å². The highest BCUT2D eigenvalue weighted by molar-refractivity contribution is 6.34. The molecule has 0 spiro atoms. The van der Waals surface area contributed by atoms with Gasteiger partial charge in [-0.2, -0.15) is 0 Å². The van der Waals surface area contributed by atoms with Crippen LogP contribution < -0.4 is 4.74 Å². The molecule has 3 heteroatoms. The monoisotopic (exact) mass is 268 g/mol. The smallest absolute Gasteiger partial charge is 0.161 e. The van der Waals surface area contributed by atoms with E-state index in [0.29, 0.717) is 17.2 Å². The number of ether oxygens (including phenoxy) is 1. The van der Waals surface area contributed by atoms with Crippen molar-refractivity contribution < 1.29 is 9.53 Å². The standard InChI is InChI=1S/C15H21ClO2/c1-4-6-10-18-14-9-8-12(11(3)17)15(16)13(14)7-5-2/h8-9H,4-7,10H2,1-3H3. The molecule has 0 amide bonds. The van der Waals surface area contributed by atoms with E-state index in [1.54, 1.807) is 6.07 Å². The number of hydrogen-bond acceptors (Lipinski definition) is 2. The van der Waals surface area contributed by atoms with E-state index >= 15 is 0 Å². The summed E-state index contributed by atoms with van der Waals surface area (Å²) in [7, 11) is 0. The minimum absolute atomic E-state index is 0.00235. The van der Waals surface area contributed by atoms with E-state index in [0.717, 1.165) is 37.0 Å². The normalized spacial score (nSPS) is 10.4. The van der Waals surface area contributed by atoms with Crippen LogP contribution in [0.15, 0.2) is 12.1 Å². The Balaban J connectivity index is 3.02. The summed E-state index contributed by atoms with van der Waals surface area (Å²) in [5, 5.41) is 0.554. The minimum Gasteiger partial charge on any atom is -0.493 e. The molecule has 0 aliphatic heterocycles. The molecule has 0 radical (unpaired) electrons. The van der Waals surface area contributed by atoms with Crippen molar-refractivity contribution in [2.75, 3.05) is 6.61 Å². The zero-order valence-corrected chi connectivity index (χ0v) is 12.1. The Morgan fingerprint density at radius 3 is 2.56 bits per heavy atom. The Morgan fingerprint density at radius 1 is 1.28 bits per heavy atom. The van der Waals surface area contributed by atoms with Gasteiger partial charge < -0.3 is 4.74 Å². The summed E-state index contributed by atoms with van der Waals surface area (Å²) in [5.74, 6) is 0.817. The topological polar surface area (TPSA) is 26.3 Å². The first-order chi connectivity index (χ1) is 8.61. The van der Waals surface area contributed by atoms with Crippen LogP contribution in [-0.2, 0) is 6.42 Å². The van der Waals surface area contributed by atoms with Crippen molar-refractivity contribution >= 4 is 17.4 Å². The van der Waals surface area contributed by atoms with Crippen molar-refractivity contribution in [2.45, 2.75) is 46.5 Å². The largest absolute Gasteiger partial charge is 0.493 e. The summed E-state index contributed by atoms with van der Waals surface area (Å²) < 4.78 is 5.75. The fraction of sp³-hybridized carbons (Fsp3) is 0.533. The van der Waals surface area contributed by atoms with E-state index < -0.39 is 0 Å². The van der Waals surface area contributed by atoms with Crippen molar-refractivity contribution in [3.63, 3.8) is 0 Å². The Labute approximate surface area is 114 Å². The first kappa shape index (κ1) is 15.0. The summed E-state index contributed by atoms with van der Waals surface area (Å²) in [6, 6.07) is 3.62. The number of carbonyl (C=O) groups is 1. The predicted octanol–water partition coefficient (Wildman–Crippen LogP) is 4.67. The molecule has 1 rings (SSSR count). The first-order valence-corrected chi connectivity index (χ1v) is 6.94. The van der Waals surface area contributed by atoms with Crippen molar-refractivity contribution in [2.24, 2.45) is 0 Å². The molecule has 1 aromatic carbocycles. The lowest BCUT2D eigenvalue weighted by molar-refractivity contribution is 0.101. The molecule has 0 fully saturated rings. The van der Waals surface area contributed by atoms with Crippen molar-refractivity contribution in [1.82, 2.24) is 0 Å². The fourth-order valence-corrected chi connectivity index (χ4v) is 2.20.